The lowest BCUT2D eigenvalue weighted by molar-refractivity contribution is -0.139. The first-order valence-corrected chi connectivity index (χ1v) is 14.0. The first kappa shape index (κ1) is 28.7. The van der Waals surface area contributed by atoms with Gasteiger partial charge in [0.15, 0.2) is 0 Å². The topological polar surface area (TPSA) is 49.4 Å². The van der Waals surface area contributed by atoms with Crippen molar-refractivity contribution in [2.45, 2.75) is 45.5 Å². The second-order valence-corrected chi connectivity index (χ2v) is 10.9. The molecule has 0 saturated heterocycles. The number of benzene rings is 3. The summed E-state index contributed by atoms with van der Waals surface area (Å²) in [6.07, 6.45) is 0.395. The molecular weight excluding hydrogens is 507 g/mol. The van der Waals surface area contributed by atoms with Crippen LogP contribution in [-0.4, -0.2) is 35.1 Å². The minimum Gasteiger partial charge on any atom is -0.354 e. The highest BCUT2D eigenvalue weighted by atomic mass is 35.5. The molecule has 0 aliphatic rings. The van der Waals surface area contributed by atoms with E-state index >= 15 is 0 Å². The van der Waals surface area contributed by atoms with Crippen LogP contribution in [0.15, 0.2) is 72.8 Å². The molecular formula is C30H34ClFN2O2S. The molecule has 37 heavy (non-hydrogen) atoms. The summed E-state index contributed by atoms with van der Waals surface area (Å²) < 4.78 is 14.2. The van der Waals surface area contributed by atoms with E-state index in [-0.39, 0.29) is 35.1 Å². The van der Waals surface area contributed by atoms with E-state index in [4.69, 9.17) is 11.6 Å². The van der Waals surface area contributed by atoms with Crippen LogP contribution in [0.1, 0.15) is 36.1 Å². The highest BCUT2D eigenvalue weighted by Crippen LogP contribution is 2.25. The van der Waals surface area contributed by atoms with Gasteiger partial charge in [-0.25, -0.2) is 4.39 Å². The van der Waals surface area contributed by atoms with E-state index in [1.807, 2.05) is 75.4 Å². The summed E-state index contributed by atoms with van der Waals surface area (Å²) in [4.78, 5) is 28.8. The average molecular weight is 541 g/mol. The molecule has 1 atom stereocenters. The van der Waals surface area contributed by atoms with Crippen molar-refractivity contribution in [2.24, 2.45) is 5.92 Å². The number of nitrogens with one attached hydrogen (secondary N) is 1. The molecule has 3 aromatic rings. The summed E-state index contributed by atoms with van der Waals surface area (Å²) in [5.74, 6) is -0.109. The van der Waals surface area contributed by atoms with Crippen molar-refractivity contribution < 1.29 is 14.0 Å². The molecule has 196 valence electrons. The Labute approximate surface area is 228 Å². The summed E-state index contributed by atoms with van der Waals surface area (Å²) in [5, 5.41) is 3.37. The SMILES string of the molecule is Cc1ccccc1CN(C(=O)CSCc1c(F)cccc1Cl)C(Cc1ccccc1)C(=O)NCC(C)C. The van der Waals surface area contributed by atoms with Gasteiger partial charge in [0.05, 0.1) is 5.75 Å². The van der Waals surface area contributed by atoms with Gasteiger partial charge in [0, 0.05) is 35.8 Å². The van der Waals surface area contributed by atoms with E-state index in [0.717, 1.165) is 16.7 Å². The van der Waals surface area contributed by atoms with Crippen molar-refractivity contribution in [3.8, 4) is 0 Å². The van der Waals surface area contributed by atoms with Crippen molar-refractivity contribution in [3.63, 3.8) is 0 Å². The van der Waals surface area contributed by atoms with Crippen LogP contribution in [0.3, 0.4) is 0 Å². The van der Waals surface area contributed by atoms with E-state index in [9.17, 15) is 14.0 Å². The molecule has 0 aromatic heterocycles. The number of amides is 2. The predicted molar refractivity (Wildman–Crippen MR) is 151 cm³/mol. The van der Waals surface area contributed by atoms with Crippen LogP contribution in [0.25, 0.3) is 0 Å². The molecule has 0 fully saturated rings. The highest BCUT2D eigenvalue weighted by Gasteiger charge is 2.30. The van der Waals surface area contributed by atoms with Crippen molar-refractivity contribution in [2.75, 3.05) is 12.3 Å². The molecule has 1 N–H and O–H groups in total. The number of hydrogen-bond acceptors (Lipinski definition) is 3. The lowest BCUT2D eigenvalue weighted by Gasteiger charge is -2.32. The van der Waals surface area contributed by atoms with Crippen LogP contribution in [-0.2, 0) is 28.3 Å². The average Bonchev–Trinajstić information content (AvgIpc) is 2.88. The fraction of sp³-hybridized carbons (Fsp3) is 0.333. The predicted octanol–water partition coefficient (Wildman–Crippen LogP) is 6.43. The number of carbonyl (C=O) groups is 2. The molecule has 0 spiro atoms. The number of aryl methyl sites for hydroxylation is 1. The maximum absolute atomic E-state index is 14.2. The Morgan fingerprint density at radius 2 is 1.70 bits per heavy atom. The second kappa shape index (κ2) is 14.2. The number of thioether (sulfide) groups is 1. The summed E-state index contributed by atoms with van der Waals surface area (Å²) in [6.45, 7) is 6.90. The standard InChI is InChI=1S/C30H34ClFN2O2S/c1-21(2)17-33-30(36)28(16-23-11-5-4-6-12-23)34(18-24-13-8-7-10-22(24)3)29(35)20-37-19-25-26(31)14-9-15-27(25)32/h4-15,21,28H,16-20H2,1-3H3,(H,33,36). The first-order chi connectivity index (χ1) is 17.8. The fourth-order valence-electron chi connectivity index (χ4n) is 3.94. The Morgan fingerprint density at radius 1 is 1.00 bits per heavy atom. The minimum atomic E-state index is -0.689. The molecule has 1 unspecified atom stereocenters. The Morgan fingerprint density at radius 3 is 2.38 bits per heavy atom. The number of halogens is 2. The number of rotatable bonds is 12. The summed E-state index contributed by atoms with van der Waals surface area (Å²) >= 11 is 7.47. The van der Waals surface area contributed by atoms with Gasteiger partial charge in [0.2, 0.25) is 11.8 Å². The first-order valence-electron chi connectivity index (χ1n) is 12.4. The molecule has 3 aromatic carbocycles. The van der Waals surface area contributed by atoms with E-state index in [1.165, 1.54) is 17.8 Å². The van der Waals surface area contributed by atoms with Gasteiger partial charge in [0.25, 0.3) is 0 Å². The van der Waals surface area contributed by atoms with Crippen molar-refractivity contribution in [1.29, 1.82) is 0 Å². The van der Waals surface area contributed by atoms with Gasteiger partial charge in [-0.15, -0.1) is 11.8 Å². The second-order valence-electron chi connectivity index (χ2n) is 9.49. The lowest BCUT2D eigenvalue weighted by atomic mass is 10.0. The van der Waals surface area contributed by atoms with Crippen LogP contribution < -0.4 is 5.32 Å². The van der Waals surface area contributed by atoms with Gasteiger partial charge in [-0.05, 0) is 41.7 Å². The highest BCUT2D eigenvalue weighted by molar-refractivity contribution is 7.99. The molecule has 0 bridgehead atoms. The zero-order chi connectivity index (χ0) is 26.8. The maximum atomic E-state index is 14.2. The number of hydrogen-bond donors (Lipinski definition) is 1. The van der Waals surface area contributed by atoms with E-state index in [0.29, 0.717) is 30.1 Å². The van der Waals surface area contributed by atoms with Crippen LogP contribution in [0, 0.1) is 18.7 Å². The number of nitrogens with zero attached hydrogens (tertiary/aromatic N) is 1. The fourth-order valence-corrected chi connectivity index (χ4v) is 5.19. The van der Waals surface area contributed by atoms with Crippen LogP contribution >= 0.6 is 23.4 Å². The molecule has 0 aliphatic heterocycles. The Bertz CT molecular complexity index is 1170. The van der Waals surface area contributed by atoms with Crippen LogP contribution in [0.4, 0.5) is 4.39 Å². The smallest absolute Gasteiger partial charge is 0.243 e. The zero-order valence-corrected chi connectivity index (χ0v) is 23.1. The van der Waals surface area contributed by atoms with Crippen molar-refractivity contribution in [1.82, 2.24) is 10.2 Å². The third kappa shape index (κ3) is 8.61. The summed E-state index contributed by atoms with van der Waals surface area (Å²) in [7, 11) is 0. The molecule has 2 amide bonds. The maximum Gasteiger partial charge on any atom is 0.243 e. The molecule has 0 radical (unpaired) electrons. The molecule has 4 nitrogen and oxygen atoms in total. The minimum absolute atomic E-state index is 0.0965. The van der Waals surface area contributed by atoms with E-state index in [2.05, 4.69) is 5.32 Å². The quantitative estimate of drug-likeness (QED) is 0.288. The van der Waals surface area contributed by atoms with Gasteiger partial charge in [-0.3, -0.25) is 9.59 Å². The zero-order valence-electron chi connectivity index (χ0n) is 21.5. The molecule has 0 saturated carbocycles. The Balaban J connectivity index is 1.87. The molecule has 0 heterocycles. The number of carbonyl (C=O) groups excluding carboxylic acids is 2. The van der Waals surface area contributed by atoms with E-state index < -0.39 is 6.04 Å². The lowest BCUT2D eigenvalue weighted by Crippen LogP contribution is -2.51. The monoisotopic (exact) mass is 540 g/mol. The van der Waals surface area contributed by atoms with Crippen LogP contribution in [0.5, 0.6) is 0 Å². The van der Waals surface area contributed by atoms with Gasteiger partial charge in [-0.2, -0.15) is 0 Å². The van der Waals surface area contributed by atoms with Gasteiger partial charge < -0.3 is 10.2 Å². The molecule has 7 heteroatoms. The third-order valence-electron chi connectivity index (χ3n) is 6.09. The normalized spacial score (nSPS) is 11.8. The van der Waals surface area contributed by atoms with E-state index in [1.54, 1.807) is 17.0 Å². The Hall–Kier alpha value is -2.83. The van der Waals surface area contributed by atoms with Crippen LogP contribution in [0.2, 0.25) is 5.02 Å². The van der Waals surface area contributed by atoms with Gasteiger partial charge >= 0.3 is 0 Å². The molecule has 0 aliphatic carbocycles. The largest absolute Gasteiger partial charge is 0.354 e. The summed E-state index contributed by atoms with van der Waals surface area (Å²) in [5.41, 5.74) is 3.38. The van der Waals surface area contributed by atoms with Gasteiger partial charge in [-0.1, -0.05) is 86.1 Å². The summed E-state index contributed by atoms with van der Waals surface area (Å²) in [6, 6.07) is 21.5. The van der Waals surface area contributed by atoms with Gasteiger partial charge in [0.1, 0.15) is 11.9 Å². The third-order valence-corrected chi connectivity index (χ3v) is 7.39. The molecule has 3 rings (SSSR count). The van der Waals surface area contributed by atoms with Crippen molar-refractivity contribution in [3.05, 3.63) is 106 Å². The van der Waals surface area contributed by atoms with Crippen molar-refractivity contribution >= 4 is 35.2 Å². The Kier molecular flexibility index (Phi) is 11.0.